The normalized spacial score (nSPS) is 24.5. The van der Waals surface area contributed by atoms with Crippen LogP contribution in [0.4, 0.5) is 0 Å². The topological polar surface area (TPSA) is 38.5 Å². The van der Waals surface area contributed by atoms with Gasteiger partial charge in [0.15, 0.2) is 0 Å². The minimum Gasteiger partial charge on any atom is -0.377 e. The molecule has 2 N–H and O–H groups in total. The lowest BCUT2D eigenvalue weighted by Crippen LogP contribution is -2.52. The van der Waals surface area contributed by atoms with E-state index in [2.05, 4.69) is 32.7 Å². The second-order valence-corrected chi connectivity index (χ2v) is 6.50. The van der Waals surface area contributed by atoms with Crippen LogP contribution in [0.5, 0.6) is 0 Å². The van der Waals surface area contributed by atoms with Gasteiger partial charge in [-0.1, -0.05) is 13.8 Å². The van der Waals surface area contributed by atoms with Crippen molar-refractivity contribution in [1.82, 2.24) is 4.90 Å². The minimum atomic E-state index is 0.116. The van der Waals surface area contributed by atoms with Crippen LogP contribution >= 0.6 is 0 Å². The number of likely N-dealkylation sites (N-methyl/N-ethyl adjacent to an activating group) is 1. The first kappa shape index (κ1) is 15.9. The summed E-state index contributed by atoms with van der Waals surface area (Å²) in [5.41, 5.74) is 6.13. The first-order valence-corrected chi connectivity index (χ1v) is 7.51. The van der Waals surface area contributed by atoms with Crippen molar-refractivity contribution < 1.29 is 4.74 Å². The first-order valence-electron chi connectivity index (χ1n) is 7.51. The lowest BCUT2D eigenvalue weighted by molar-refractivity contribution is -0.0217. The second kappa shape index (κ2) is 7.46. The van der Waals surface area contributed by atoms with Gasteiger partial charge in [-0.2, -0.15) is 0 Å². The van der Waals surface area contributed by atoms with Gasteiger partial charge in [0.2, 0.25) is 0 Å². The highest BCUT2D eigenvalue weighted by Crippen LogP contribution is 2.23. The Balaban J connectivity index is 2.45. The Hall–Kier alpha value is -0.120. The zero-order valence-electron chi connectivity index (χ0n) is 12.7. The molecule has 3 heteroatoms. The summed E-state index contributed by atoms with van der Waals surface area (Å²) < 4.78 is 5.83. The van der Waals surface area contributed by atoms with Gasteiger partial charge in [0.1, 0.15) is 0 Å². The van der Waals surface area contributed by atoms with Gasteiger partial charge in [-0.25, -0.2) is 0 Å². The largest absolute Gasteiger partial charge is 0.377 e. The maximum Gasteiger partial charge on any atom is 0.0702 e. The molecule has 0 saturated carbocycles. The highest BCUT2D eigenvalue weighted by atomic mass is 16.5. The molecule has 1 aliphatic rings. The monoisotopic (exact) mass is 256 g/mol. The molecule has 0 aromatic heterocycles. The maximum atomic E-state index is 6.02. The maximum absolute atomic E-state index is 6.02. The number of hydrogen-bond acceptors (Lipinski definition) is 3. The van der Waals surface area contributed by atoms with E-state index in [1.165, 1.54) is 32.1 Å². The van der Waals surface area contributed by atoms with E-state index in [0.717, 1.165) is 25.6 Å². The van der Waals surface area contributed by atoms with Crippen molar-refractivity contribution in [2.75, 3.05) is 26.7 Å². The van der Waals surface area contributed by atoms with Crippen LogP contribution in [0.15, 0.2) is 0 Å². The van der Waals surface area contributed by atoms with Crippen LogP contribution < -0.4 is 5.73 Å². The van der Waals surface area contributed by atoms with E-state index in [-0.39, 0.29) is 5.54 Å². The Morgan fingerprint density at radius 3 is 2.61 bits per heavy atom. The van der Waals surface area contributed by atoms with Crippen LogP contribution in [-0.4, -0.2) is 43.3 Å². The molecular weight excluding hydrogens is 224 g/mol. The number of hydrogen-bond donors (Lipinski definition) is 1. The fraction of sp³-hybridized carbons (Fsp3) is 1.00. The molecule has 1 fully saturated rings. The molecule has 0 aliphatic carbocycles. The zero-order chi connectivity index (χ0) is 13.6. The average molecular weight is 256 g/mol. The third kappa shape index (κ3) is 4.87. The summed E-state index contributed by atoms with van der Waals surface area (Å²) in [6.07, 6.45) is 6.56. The highest BCUT2D eigenvalue weighted by molar-refractivity contribution is 4.87. The van der Waals surface area contributed by atoms with Crippen molar-refractivity contribution in [2.45, 2.75) is 64.5 Å². The third-order valence-corrected chi connectivity index (χ3v) is 4.37. The van der Waals surface area contributed by atoms with Crippen LogP contribution in [0, 0.1) is 5.92 Å². The third-order valence-electron chi connectivity index (χ3n) is 4.37. The molecule has 2 atom stereocenters. The Bertz CT molecular complexity index is 227. The number of nitrogens with zero attached hydrogens (tertiary/aromatic N) is 1. The average Bonchev–Trinajstić information content (AvgIpc) is 2.37. The summed E-state index contributed by atoms with van der Waals surface area (Å²) in [5.74, 6) is 0.746. The second-order valence-electron chi connectivity index (χ2n) is 6.50. The fourth-order valence-corrected chi connectivity index (χ4v) is 2.53. The van der Waals surface area contributed by atoms with Crippen LogP contribution in [0.1, 0.15) is 52.9 Å². The Labute approximate surface area is 113 Å². The molecular formula is C15H32N2O. The molecule has 108 valence electrons. The predicted molar refractivity (Wildman–Crippen MR) is 77.8 cm³/mol. The van der Waals surface area contributed by atoms with Gasteiger partial charge in [-0.3, -0.25) is 4.90 Å². The van der Waals surface area contributed by atoms with Crippen LogP contribution in [-0.2, 0) is 4.74 Å². The number of rotatable bonds is 7. The summed E-state index contributed by atoms with van der Waals surface area (Å²) in [4.78, 5) is 2.42. The lowest BCUT2D eigenvalue weighted by atomic mass is 9.90. The molecule has 0 aromatic rings. The van der Waals surface area contributed by atoms with Gasteiger partial charge in [0.05, 0.1) is 6.10 Å². The lowest BCUT2D eigenvalue weighted by Gasteiger charge is -2.41. The van der Waals surface area contributed by atoms with Gasteiger partial charge in [-0.15, -0.1) is 0 Å². The predicted octanol–water partition coefficient (Wildman–Crippen LogP) is 2.64. The molecule has 1 rings (SSSR count). The van der Waals surface area contributed by atoms with Crippen molar-refractivity contribution in [1.29, 1.82) is 0 Å². The van der Waals surface area contributed by atoms with E-state index in [9.17, 15) is 0 Å². The molecule has 18 heavy (non-hydrogen) atoms. The van der Waals surface area contributed by atoms with E-state index in [4.69, 9.17) is 10.5 Å². The summed E-state index contributed by atoms with van der Waals surface area (Å²) in [6, 6.07) is 0. The quantitative estimate of drug-likeness (QED) is 0.761. The molecule has 0 aromatic carbocycles. The standard InChI is InChI=1S/C15H32N2O/c1-13(2)8-9-15(3,12-16)17(4)11-14-7-5-6-10-18-14/h13-14H,5-12,16H2,1-4H3. The smallest absolute Gasteiger partial charge is 0.0702 e. The Morgan fingerprint density at radius 1 is 1.39 bits per heavy atom. The van der Waals surface area contributed by atoms with E-state index < -0.39 is 0 Å². The number of nitrogens with two attached hydrogens (primary N) is 1. The molecule has 0 amide bonds. The first-order chi connectivity index (χ1) is 8.48. The molecule has 2 unspecified atom stereocenters. The van der Waals surface area contributed by atoms with Gasteiger partial charge in [0.25, 0.3) is 0 Å². The van der Waals surface area contributed by atoms with E-state index in [0.29, 0.717) is 6.10 Å². The van der Waals surface area contributed by atoms with Crippen molar-refractivity contribution in [3.8, 4) is 0 Å². The van der Waals surface area contributed by atoms with Crippen LogP contribution in [0.2, 0.25) is 0 Å². The minimum absolute atomic E-state index is 0.116. The van der Waals surface area contributed by atoms with E-state index in [1.54, 1.807) is 0 Å². The van der Waals surface area contributed by atoms with Crippen LogP contribution in [0.3, 0.4) is 0 Å². The molecule has 1 aliphatic heterocycles. The van der Waals surface area contributed by atoms with Gasteiger partial charge >= 0.3 is 0 Å². The van der Waals surface area contributed by atoms with Crippen molar-refractivity contribution >= 4 is 0 Å². The molecule has 1 saturated heterocycles. The zero-order valence-corrected chi connectivity index (χ0v) is 12.7. The summed E-state index contributed by atoms with van der Waals surface area (Å²) in [5, 5.41) is 0. The summed E-state index contributed by atoms with van der Waals surface area (Å²) >= 11 is 0. The molecule has 0 bridgehead atoms. The van der Waals surface area contributed by atoms with Gasteiger partial charge in [-0.05, 0) is 52.0 Å². The van der Waals surface area contributed by atoms with Crippen molar-refractivity contribution in [2.24, 2.45) is 11.7 Å². The Morgan fingerprint density at radius 2 is 2.11 bits per heavy atom. The Kier molecular flexibility index (Phi) is 6.61. The van der Waals surface area contributed by atoms with Crippen molar-refractivity contribution in [3.05, 3.63) is 0 Å². The fourth-order valence-electron chi connectivity index (χ4n) is 2.53. The van der Waals surface area contributed by atoms with E-state index in [1.807, 2.05) is 0 Å². The summed E-state index contributed by atoms with van der Waals surface area (Å²) in [6.45, 7) is 9.53. The molecule has 0 radical (unpaired) electrons. The molecule has 1 heterocycles. The van der Waals surface area contributed by atoms with Crippen LogP contribution in [0.25, 0.3) is 0 Å². The van der Waals surface area contributed by atoms with Gasteiger partial charge < -0.3 is 10.5 Å². The highest BCUT2D eigenvalue weighted by Gasteiger charge is 2.29. The SMILES string of the molecule is CC(C)CCC(C)(CN)N(C)CC1CCCCO1. The summed E-state index contributed by atoms with van der Waals surface area (Å²) in [7, 11) is 2.20. The molecule has 0 spiro atoms. The van der Waals surface area contributed by atoms with Crippen molar-refractivity contribution in [3.63, 3.8) is 0 Å². The van der Waals surface area contributed by atoms with E-state index >= 15 is 0 Å². The van der Waals surface area contributed by atoms with Gasteiger partial charge in [0, 0.05) is 25.2 Å². The number of ether oxygens (including phenoxy) is 1. The molecule has 3 nitrogen and oxygen atoms in total.